The number of rotatable bonds is 4. The molecule has 1 atom stereocenters. The second-order valence-corrected chi connectivity index (χ2v) is 7.68. The van der Waals surface area contributed by atoms with Crippen LogP contribution in [-0.4, -0.2) is 26.8 Å². The summed E-state index contributed by atoms with van der Waals surface area (Å²) < 4.78 is 43.4. The van der Waals surface area contributed by atoms with E-state index in [-0.39, 0.29) is 16.4 Å². The van der Waals surface area contributed by atoms with Gasteiger partial charge >= 0.3 is 0 Å². The fourth-order valence-electron chi connectivity index (χ4n) is 2.82. The molecule has 1 aromatic heterocycles. The Hall–Kier alpha value is -2.26. The monoisotopic (exact) mass is 382 g/mol. The van der Waals surface area contributed by atoms with Gasteiger partial charge < -0.3 is 19.2 Å². The van der Waals surface area contributed by atoms with Crippen LogP contribution in [0.15, 0.2) is 34.0 Å². The molecular formula is C16H18N2O5S2. The quantitative estimate of drug-likeness (QED) is 0.786. The molecule has 7 nitrogen and oxygen atoms in total. The molecule has 0 aliphatic carbocycles. The third kappa shape index (κ3) is 3.42. The maximum atomic E-state index is 12.5. The number of methoxy groups -OCH3 is 1. The highest BCUT2D eigenvalue weighted by Crippen LogP contribution is 2.39. The van der Waals surface area contributed by atoms with Gasteiger partial charge in [0, 0.05) is 12.0 Å². The topological polar surface area (TPSA) is 89.8 Å². The molecule has 0 fully saturated rings. The van der Waals surface area contributed by atoms with E-state index in [4.69, 9.17) is 26.1 Å². The molecule has 1 aliphatic rings. The van der Waals surface area contributed by atoms with Gasteiger partial charge in [0.2, 0.25) is 5.09 Å². The molecule has 0 amide bonds. The third-order valence-electron chi connectivity index (χ3n) is 3.85. The number of benzene rings is 1. The van der Waals surface area contributed by atoms with Crippen LogP contribution >= 0.6 is 12.2 Å². The Morgan fingerprint density at radius 1 is 1.44 bits per heavy atom. The van der Waals surface area contributed by atoms with E-state index in [1.165, 1.54) is 25.5 Å². The minimum atomic E-state index is -3.85. The maximum absolute atomic E-state index is 12.5. The number of anilines is 2. The number of furan rings is 1. The van der Waals surface area contributed by atoms with Crippen molar-refractivity contribution in [3.8, 4) is 5.75 Å². The average Bonchev–Trinajstić information content (AvgIpc) is 3.01. The molecular weight excluding hydrogens is 364 g/mol. The van der Waals surface area contributed by atoms with Gasteiger partial charge in [-0.15, -0.1) is 0 Å². The summed E-state index contributed by atoms with van der Waals surface area (Å²) in [5, 5.41) is 3.16. The molecule has 0 bridgehead atoms. The van der Waals surface area contributed by atoms with Crippen molar-refractivity contribution in [2.45, 2.75) is 31.5 Å². The standard InChI is InChI=1S/C16H18N2O5S2/c1-9-7-11-8-12(18-25(19,20)13-5-4-6-22-13)15(21-3)10(2)14(11)17-16(24)23-9/h4-6,8-9,18H,7H2,1-3H3,(H,17,24). The second kappa shape index (κ2) is 6.57. The van der Waals surface area contributed by atoms with E-state index < -0.39 is 10.0 Å². The summed E-state index contributed by atoms with van der Waals surface area (Å²) in [7, 11) is -2.37. The lowest BCUT2D eigenvalue weighted by Crippen LogP contribution is -2.17. The van der Waals surface area contributed by atoms with Crippen molar-refractivity contribution in [2.24, 2.45) is 0 Å². The fourth-order valence-corrected chi connectivity index (χ4v) is 4.07. The van der Waals surface area contributed by atoms with Crippen LogP contribution in [0.1, 0.15) is 18.1 Å². The number of fused-ring (bicyclic) bond motifs is 1. The van der Waals surface area contributed by atoms with Gasteiger partial charge in [0.15, 0.2) is 0 Å². The van der Waals surface area contributed by atoms with Gasteiger partial charge in [-0.1, -0.05) is 0 Å². The average molecular weight is 382 g/mol. The lowest BCUT2D eigenvalue weighted by Gasteiger charge is -2.18. The van der Waals surface area contributed by atoms with E-state index in [9.17, 15) is 8.42 Å². The van der Waals surface area contributed by atoms with Crippen molar-refractivity contribution in [3.05, 3.63) is 35.6 Å². The predicted molar refractivity (Wildman–Crippen MR) is 97.7 cm³/mol. The number of nitrogens with one attached hydrogen (secondary N) is 2. The molecule has 9 heteroatoms. The fraction of sp³-hybridized carbons (Fsp3) is 0.312. The number of ether oxygens (including phenoxy) is 2. The lowest BCUT2D eigenvalue weighted by atomic mass is 10.0. The van der Waals surface area contributed by atoms with E-state index in [0.29, 0.717) is 17.9 Å². The highest BCUT2D eigenvalue weighted by atomic mass is 32.2. The zero-order chi connectivity index (χ0) is 18.2. The first-order chi connectivity index (χ1) is 11.8. The Morgan fingerprint density at radius 2 is 2.20 bits per heavy atom. The van der Waals surface area contributed by atoms with Gasteiger partial charge in [0.25, 0.3) is 15.2 Å². The summed E-state index contributed by atoms with van der Waals surface area (Å²) in [4.78, 5) is 0. The molecule has 0 saturated carbocycles. The van der Waals surface area contributed by atoms with Crippen LogP contribution in [0.5, 0.6) is 5.75 Å². The van der Waals surface area contributed by atoms with Crippen LogP contribution in [-0.2, 0) is 21.2 Å². The van der Waals surface area contributed by atoms with Crippen LogP contribution in [0.3, 0.4) is 0 Å². The zero-order valence-corrected chi connectivity index (χ0v) is 15.6. The van der Waals surface area contributed by atoms with Gasteiger partial charge in [0.1, 0.15) is 11.9 Å². The summed E-state index contributed by atoms with van der Waals surface area (Å²) in [6.45, 7) is 3.73. The smallest absolute Gasteiger partial charge is 0.295 e. The van der Waals surface area contributed by atoms with Crippen molar-refractivity contribution in [1.82, 2.24) is 0 Å². The molecule has 1 unspecified atom stereocenters. The molecule has 0 spiro atoms. The van der Waals surface area contributed by atoms with E-state index in [2.05, 4.69) is 10.0 Å². The van der Waals surface area contributed by atoms with Crippen molar-refractivity contribution in [3.63, 3.8) is 0 Å². The maximum Gasteiger partial charge on any atom is 0.295 e. The highest BCUT2D eigenvalue weighted by molar-refractivity contribution is 7.92. The van der Waals surface area contributed by atoms with Crippen molar-refractivity contribution < 1.29 is 22.3 Å². The van der Waals surface area contributed by atoms with Crippen molar-refractivity contribution in [1.29, 1.82) is 0 Å². The van der Waals surface area contributed by atoms with Gasteiger partial charge in [-0.05, 0) is 49.8 Å². The Kier molecular flexibility index (Phi) is 4.61. The first-order valence-corrected chi connectivity index (χ1v) is 9.45. The molecule has 134 valence electrons. The van der Waals surface area contributed by atoms with E-state index >= 15 is 0 Å². The molecule has 2 heterocycles. The Labute approximate surface area is 151 Å². The number of hydrogen-bond acceptors (Lipinski definition) is 6. The Bertz CT molecular complexity index is 907. The largest absolute Gasteiger partial charge is 0.494 e. The summed E-state index contributed by atoms with van der Waals surface area (Å²) in [5.41, 5.74) is 2.71. The number of hydrogen-bond donors (Lipinski definition) is 2. The second-order valence-electron chi connectivity index (χ2n) is 5.70. The van der Waals surface area contributed by atoms with Gasteiger partial charge in [-0.2, -0.15) is 8.42 Å². The number of thiocarbonyl (C=S) groups is 1. The van der Waals surface area contributed by atoms with Gasteiger partial charge in [-0.3, -0.25) is 4.72 Å². The molecule has 2 N–H and O–H groups in total. The van der Waals surface area contributed by atoms with Crippen LogP contribution in [0, 0.1) is 6.92 Å². The highest BCUT2D eigenvalue weighted by Gasteiger charge is 2.25. The molecule has 3 rings (SSSR count). The third-order valence-corrected chi connectivity index (χ3v) is 5.30. The molecule has 0 saturated heterocycles. The summed E-state index contributed by atoms with van der Waals surface area (Å²) in [6, 6.07) is 4.61. The Morgan fingerprint density at radius 3 is 2.84 bits per heavy atom. The zero-order valence-electron chi connectivity index (χ0n) is 14.0. The van der Waals surface area contributed by atoms with E-state index in [1.807, 2.05) is 13.8 Å². The first kappa shape index (κ1) is 17.6. The normalized spacial score (nSPS) is 17.1. The summed E-state index contributed by atoms with van der Waals surface area (Å²) >= 11 is 5.16. The van der Waals surface area contributed by atoms with Crippen LogP contribution in [0.25, 0.3) is 0 Å². The van der Waals surface area contributed by atoms with Crippen LogP contribution in [0.4, 0.5) is 11.4 Å². The lowest BCUT2D eigenvalue weighted by molar-refractivity contribution is 0.217. The molecule has 25 heavy (non-hydrogen) atoms. The van der Waals surface area contributed by atoms with Crippen molar-refractivity contribution >= 4 is 38.8 Å². The van der Waals surface area contributed by atoms with Gasteiger partial charge in [0.05, 0.1) is 24.7 Å². The van der Waals surface area contributed by atoms with Crippen LogP contribution < -0.4 is 14.8 Å². The Balaban J connectivity index is 2.09. The van der Waals surface area contributed by atoms with Gasteiger partial charge in [-0.25, -0.2) is 0 Å². The minimum Gasteiger partial charge on any atom is -0.494 e. The van der Waals surface area contributed by atoms with E-state index in [0.717, 1.165) is 16.8 Å². The first-order valence-electron chi connectivity index (χ1n) is 7.56. The summed E-state index contributed by atoms with van der Waals surface area (Å²) in [5.74, 6) is 0.402. The molecule has 2 aromatic rings. The predicted octanol–water partition coefficient (Wildman–Crippen LogP) is 3.06. The number of sulfonamides is 1. The summed E-state index contributed by atoms with van der Waals surface area (Å²) in [6.07, 6.45) is 1.74. The molecule has 1 aromatic carbocycles. The molecule has 0 radical (unpaired) electrons. The SMILES string of the molecule is COc1c(NS(=O)(=O)c2ccco2)cc2c(c1C)NC(=S)OC(C)C2. The van der Waals surface area contributed by atoms with Crippen molar-refractivity contribution in [2.75, 3.05) is 17.1 Å². The van der Waals surface area contributed by atoms with E-state index in [1.54, 1.807) is 6.07 Å². The minimum absolute atomic E-state index is 0.136. The molecule has 1 aliphatic heterocycles. The van der Waals surface area contributed by atoms with Crippen LogP contribution in [0.2, 0.25) is 0 Å².